The number of hydrogen-bond acceptors (Lipinski definition) is 1. The summed E-state index contributed by atoms with van der Waals surface area (Å²) in [6, 6.07) is 24.1. The molecule has 0 saturated heterocycles. The van der Waals surface area contributed by atoms with Crippen molar-refractivity contribution in [1.29, 1.82) is 0 Å². The minimum absolute atomic E-state index is 0.968. The van der Waals surface area contributed by atoms with Crippen molar-refractivity contribution in [2.24, 2.45) is 0 Å². The maximum Gasteiger partial charge on any atom is 0.140 e. The Balaban J connectivity index is 0.000000223. The molecule has 1 heterocycles. The van der Waals surface area contributed by atoms with Crippen molar-refractivity contribution in [3.8, 4) is 0 Å². The molecule has 0 radical (unpaired) electrons. The highest BCUT2D eigenvalue weighted by molar-refractivity contribution is 6.41. The number of fused-ring (bicyclic) bond motifs is 4. The van der Waals surface area contributed by atoms with E-state index in [0.29, 0.717) is 0 Å². The van der Waals surface area contributed by atoms with Crippen LogP contribution in [0.2, 0.25) is 0 Å². The fourth-order valence-electron chi connectivity index (χ4n) is 3.33. The highest BCUT2D eigenvalue weighted by Gasteiger charge is 2.04. The van der Waals surface area contributed by atoms with Crippen LogP contribution in [0, 0.1) is 6.92 Å². The van der Waals surface area contributed by atoms with Gasteiger partial charge in [0.1, 0.15) is 13.7 Å². The van der Waals surface area contributed by atoms with Gasteiger partial charge in [-0.05, 0) is 51.4 Å². The zero-order valence-electron chi connectivity index (χ0n) is 14.5. The summed E-state index contributed by atoms with van der Waals surface area (Å²) < 4.78 is 0. The maximum absolute atomic E-state index is 3.86. The van der Waals surface area contributed by atoms with E-state index in [1.807, 2.05) is 6.92 Å². The van der Waals surface area contributed by atoms with Crippen molar-refractivity contribution in [1.82, 2.24) is 9.97 Å². The van der Waals surface area contributed by atoms with Gasteiger partial charge >= 0.3 is 0 Å². The second-order valence-electron chi connectivity index (χ2n) is 6.33. The Hall–Kier alpha value is -3.07. The quantitative estimate of drug-likeness (QED) is 0.259. The molecule has 0 saturated carbocycles. The van der Waals surface area contributed by atoms with Gasteiger partial charge in [0.25, 0.3) is 0 Å². The Labute approximate surface area is 147 Å². The van der Waals surface area contributed by atoms with E-state index in [0.717, 1.165) is 5.82 Å². The Bertz CT molecular complexity index is 1160. The molecular formula is C22H19BN2. The second-order valence-corrected chi connectivity index (χ2v) is 6.33. The van der Waals surface area contributed by atoms with E-state index in [-0.39, 0.29) is 0 Å². The molecule has 3 heteroatoms. The van der Waals surface area contributed by atoms with Gasteiger partial charge in [-0.15, -0.1) is 0 Å². The molecule has 0 amide bonds. The third-order valence-corrected chi connectivity index (χ3v) is 4.57. The topological polar surface area (TPSA) is 28.7 Å². The Morgan fingerprint density at radius 1 is 0.800 bits per heavy atom. The molecule has 0 aliphatic heterocycles. The highest BCUT2D eigenvalue weighted by atomic mass is 14.9. The first-order chi connectivity index (χ1) is 12.2. The van der Waals surface area contributed by atoms with Gasteiger partial charge in [0.2, 0.25) is 0 Å². The van der Waals surface area contributed by atoms with Crippen molar-refractivity contribution in [2.75, 3.05) is 0 Å². The van der Waals surface area contributed by atoms with Crippen molar-refractivity contribution < 1.29 is 0 Å². The van der Waals surface area contributed by atoms with Crippen LogP contribution in [-0.2, 0) is 0 Å². The standard InChI is InChI=1S/C18H13B.C4H6N2/c19-17-7-3-6-12-8-9-15-10-13-4-1-2-5-14(13)11-16(15)18(12)17;1-4-5-2-3-6-4/h1-11H,19H2;2-3H,1H3,(H,5,6). The van der Waals surface area contributed by atoms with E-state index < -0.39 is 0 Å². The summed E-state index contributed by atoms with van der Waals surface area (Å²) in [5, 5.41) is 8.00. The van der Waals surface area contributed by atoms with Crippen LogP contribution in [0.25, 0.3) is 32.3 Å². The number of rotatable bonds is 0. The molecule has 0 spiro atoms. The predicted molar refractivity (Wildman–Crippen MR) is 110 cm³/mol. The molecular weight excluding hydrogens is 303 g/mol. The zero-order valence-corrected chi connectivity index (χ0v) is 14.5. The molecule has 25 heavy (non-hydrogen) atoms. The van der Waals surface area contributed by atoms with Crippen LogP contribution in [0.1, 0.15) is 5.82 Å². The first kappa shape index (κ1) is 15.5. The summed E-state index contributed by atoms with van der Waals surface area (Å²) >= 11 is 0. The molecule has 0 aliphatic rings. The fourth-order valence-corrected chi connectivity index (χ4v) is 3.33. The lowest BCUT2D eigenvalue weighted by molar-refractivity contribution is 1.15. The summed E-state index contributed by atoms with van der Waals surface area (Å²) in [4.78, 5) is 6.75. The molecule has 1 N–H and O–H groups in total. The van der Waals surface area contributed by atoms with E-state index in [1.165, 1.54) is 37.8 Å². The van der Waals surface area contributed by atoms with Crippen LogP contribution in [0.3, 0.4) is 0 Å². The van der Waals surface area contributed by atoms with E-state index in [1.54, 1.807) is 12.4 Å². The lowest BCUT2D eigenvalue weighted by Crippen LogP contribution is -2.03. The van der Waals surface area contributed by atoms with E-state index in [2.05, 4.69) is 84.5 Å². The maximum atomic E-state index is 3.86. The molecule has 120 valence electrons. The molecule has 0 aliphatic carbocycles. The van der Waals surface area contributed by atoms with E-state index >= 15 is 0 Å². The first-order valence-corrected chi connectivity index (χ1v) is 8.49. The number of aryl methyl sites for hydroxylation is 1. The number of H-pyrrole nitrogens is 1. The highest BCUT2D eigenvalue weighted by Crippen LogP contribution is 2.28. The molecule has 2 nitrogen and oxygen atoms in total. The monoisotopic (exact) mass is 322 g/mol. The first-order valence-electron chi connectivity index (χ1n) is 8.49. The van der Waals surface area contributed by atoms with Crippen molar-refractivity contribution in [3.05, 3.63) is 84.9 Å². The van der Waals surface area contributed by atoms with Crippen molar-refractivity contribution >= 4 is 45.6 Å². The van der Waals surface area contributed by atoms with Gasteiger partial charge in [-0.25, -0.2) is 4.98 Å². The van der Waals surface area contributed by atoms with Crippen LogP contribution in [0.5, 0.6) is 0 Å². The number of aromatic nitrogens is 2. The van der Waals surface area contributed by atoms with Crippen LogP contribution >= 0.6 is 0 Å². The Morgan fingerprint density at radius 2 is 1.52 bits per heavy atom. The normalized spacial score (nSPS) is 10.8. The Kier molecular flexibility index (Phi) is 3.98. The number of benzene rings is 4. The van der Waals surface area contributed by atoms with Crippen LogP contribution in [0.4, 0.5) is 0 Å². The summed E-state index contributed by atoms with van der Waals surface area (Å²) in [5.74, 6) is 0.968. The fraction of sp³-hybridized carbons (Fsp3) is 0.0455. The molecule has 5 rings (SSSR count). The third-order valence-electron chi connectivity index (χ3n) is 4.57. The third kappa shape index (κ3) is 3.01. The summed E-state index contributed by atoms with van der Waals surface area (Å²) in [7, 11) is 2.19. The lowest BCUT2D eigenvalue weighted by Gasteiger charge is -2.08. The summed E-state index contributed by atoms with van der Waals surface area (Å²) in [6.07, 6.45) is 3.53. The molecule has 5 aromatic rings. The minimum atomic E-state index is 0.968. The van der Waals surface area contributed by atoms with Gasteiger partial charge < -0.3 is 4.98 Å². The van der Waals surface area contributed by atoms with Gasteiger partial charge in [-0.3, -0.25) is 0 Å². The zero-order chi connectivity index (χ0) is 17.2. The smallest absolute Gasteiger partial charge is 0.140 e. The van der Waals surface area contributed by atoms with Gasteiger partial charge in [-0.2, -0.15) is 0 Å². The number of hydrogen-bond donors (Lipinski definition) is 1. The average molecular weight is 322 g/mol. The number of nitrogens with one attached hydrogen (secondary N) is 1. The molecule has 1 aromatic heterocycles. The van der Waals surface area contributed by atoms with Crippen LogP contribution < -0.4 is 5.46 Å². The largest absolute Gasteiger partial charge is 0.349 e. The van der Waals surface area contributed by atoms with Crippen LogP contribution in [-0.4, -0.2) is 17.8 Å². The van der Waals surface area contributed by atoms with Gasteiger partial charge in [0.15, 0.2) is 0 Å². The SMILES string of the molecule is Bc1cccc2ccc3cc4ccccc4cc3c12.Cc1ncc[nH]1. The number of aromatic amines is 1. The number of imidazole rings is 1. The summed E-state index contributed by atoms with van der Waals surface area (Å²) in [5.41, 5.74) is 1.35. The number of nitrogens with zero attached hydrogens (tertiary/aromatic N) is 1. The predicted octanol–water partition coefficient (Wildman–Crippen LogP) is 4.12. The summed E-state index contributed by atoms with van der Waals surface area (Å²) in [6.45, 7) is 1.92. The molecule has 0 unspecified atom stereocenters. The van der Waals surface area contributed by atoms with Crippen LogP contribution in [0.15, 0.2) is 79.1 Å². The molecule has 0 bridgehead atoms. The minimum Gasteiger partial charge on any atom is -0.349 e. The van der Waals surface area contributed by atoms with E-state index in [9.17, 15) is 0 Å². The van der Waals surface area contributed by atoms with Gasteiger partial charge in [-0.1, -0.05) is 60.1 Å². The average Bonchev–Trinajstić information content (AvgIpc) is 3.11. The van der Waals surface area contributed by atoms with Gasteiger partial charge in [0, 0.05) is 12.4 Å². The molecule has 0 fully saturated rings. The molecule has 4 aromatic carbocycles. The van der Waals surface area contributed by atoms with Crippen molar-refractivity contribution in [2.45, 2.75) is 6.92 Å². The Morgan fingerprint density at radius 3 is 2.20 bits per heavy atom. The van der Waals surface area contributed by atoms with Crippen molar-refractivity contribution in [3.63, 3.8) is 0 Å². The van der Waals surface area contributed by atoms with Gasteiger partial charge in [0.05, 0.1) is 0 Å². The molecule has 0 atom stereocenters. The van der Waals surface area contributed by atoms with E-state index in [4.69, 9.17) is 0 Å². The lowest BCUT2D eigenvalue weighted by atomic mass is 9.87. The second kappa shape index (κ2) is 6.44.